The Labute approximate surface area is 210 Å². The van der Waals surface area contributed by atoms with Crippen LogP contribution in [0.3, 0.4) is 0 Å². The smallest absolute Gasteiger partial charge is 0.251 e. The summed E-state index contributed by atoms with van der Waals surface area (Å²) in [6.07, 6.45) is 5.15. The van der Waals surface area contributed by atoms with E-state index in [9.17, 15) is 18.8 Å². The van der Waals surface area contributed by atoms with Gasteiger partial charge in [0.2, 0.25) is 6.41 Å². The Bertz CT molecular complexity index is 1310. The Hall–Kier alpha value is -4.00. The van der Waals surface area contributed by atoms with E-state index in [-0.39, 0.29) is 30.1 Å². The molecule has 2 amide bonds. The number of hydrogen-bond acceptors (Lipinski definition) is 4. The van der Waals surface area contributed by atoms with E-state index < -0.39 is 0 Å². The molecule has 1 atom stereocenters. The Morgan fingerprint density at radius 2 is 1.86 bits per heavy atom. The molecule has 1 heterocycles. The lowest BCUT2D eigenvalue weighted by Gasteiger charge is -2.22. The summed E-state index contributed by atoms with van der Waals surface area (Å²) in [5, 5.41) is 8.90. The molecule has 3 N–H and O–H groups in total. The first-order chi connectivity index (χ1) is 17.3. The molecule has 1 aliphatic carbocycles. The topological polar surface area (TPSA) is 87.3 Å². The Kier molecular flexibility index (Phi) is 7.48. The predicted molar refractivity (Wildman–Crippen MR) is 139 cm³/mol. The van der Waals surface area contributed by atoms with Crippen molar-refractivity contribution in [1.29, 1.82) is 0 Å². The van der Waals surface area contributed by atoms with Crippen LogP contribution in [0.1, 0.15) is 67.6 Å². The Balaban J connectivity index is 1.67. The monoisotopic (exact) mass is 487 g/mol. The molecular weight excluding hydrogens is 457 g/mol. The van der Waals surface area contributed by atoms with Crippen molar-refractivity contribution in [3.63, 3.8) is 0 Å². The van der Waals surface area contributed by atoms with Crippen LogP contribution in [0.15, 0.2) is 71.0 Å². The van der Waals surface area contributed by atoms with Gasteiger partial charge in [-0.2, -0.15) is 0 Å². The van der Waals surface area contributed by atoms with E-state index in [2.05, 4.69) is 16.0 Å². The van der Waals surface area contributed by atoms with Crippen molar-refractivity contribution in [2.24, 2.45) is 0 Å². The zero-order chi connectivity index (χ0) is 25.8. The minimum Gasteiger partial charge on any atom is -0.377 e. The van der Waals surface area contributed by atoms with Crippen LogP contribution in [-0.4, -0.2) is 24.6 Å². The second-order valence-corrected chi connectivity index (χ2v) is 9.26. The summed E-state index contributed by atoms with van der Waals surface area (Å²) < 4.78 is 13.2. The number of ketones is 1. The van der Waals surface area contributed by atoms with E-state index in [0.29, 0.717) is 23.1 Å². The van der Waals surface area contributed by atoms with Crippen LogP contribution in [0.25, 0.3) is 5.57 Å². The number of anilines is 1. The Morgan fingerprint density at radius 1 is 1.11 bits per heavy atom. The van der Waals surface area contributed by atoms with Crippen LogP contribution >= 0.6 is 0 Å². The van der Waals surface area contributed by atoms with E-state index in [0.717, 1.165) is 52.9 Å². The molecule has 36 heavy (non-hydrogen) atoms. The van der Waals surface area contributed by atoms with Gasteiger partial charge in [-0.05, 0) is 98.7 Å². The van der Waals surface area contributed by atoms with Crippen LogP contribution in [0.2, 0.25) is 0 Å². The van der Waals surface area contributed by atoms with E-state index in [1.807, 2.05) is 32.9 Å². The first-order valence-electron chi connectivity index (χ1n) is 12.1. The fraction of sp³-hybridized carbons (Fsp3) is 0.276. The molecule has 186 valence electrons. The van der Waals surface area contributed by atoms with E-state index in [1.165, 1.54) is 12.1 Å². The third-order valence-electron chi connectivity index (χ3n) is 6.83. The van der Waals surface area contributed by atoms with Crippen LogP contribution in [0.5, 0.6) is 0 Å². The van der Waals surface area contributed by atoms with Gasteiger partial charge in [-0.15, -0.1) is 0 Å². The number of Topliss-reactive ketones (excluding diaryl/α,β-unsaturated/α-hetero) is 1. The molecule has 0 unspecified atom stereocenters. The zero-order valence-electron chi connectivity index (χ0n) is 20.7. The van der Waals surface area contributed by atoms with Gasteiger partial charge in [-0.3, -0.25) is 14.4 Å². The lowest BCUT2D eigenvalue weighted by atomic mass is 9.90. The quantitative estimate of drug-likeness (QED) is 0.385. The molecule has 0 aromatic heterocycles. The van der Waals surface area contributed by atoms with Gasteiger partial charge in [0, 0.05) is 28.1 Å². The second kappa shape index (κ2) is 10.7. The minimum atomic E-state index is -0.331. The largest absolute Gasteiger partial charge is 0.377 e. The number of carbonyl (C=O) groups is 3. The number of allylic oxidation sites excluding steroid dienone is 4. The van der Waals surface area contributed by atoms with Crippen molar-refractivity contribution in [2.75, 3.05) is 11.9 Å². The number of carbonyl (C=O) groups excluding carboxylic acids is 3. The lowest BCUT2D eigenvalue weighted by Crippen LogP contribution is -2.27. The van der Waals surface area contributed by atoms with Gasteiger partial charge < -0.3 is 16.0 Å². The van der Waals surface area contributed by atoms with Gasteiger partial charge in [0.25, 0.3) is 5.91 Å². The van der Waals surface area contributed by atoms with Crippen LogP contribution in [0, 0.1) is 5.82 Å². The maximum Gasteiger partial charge on any atom is 0.251 e. The summed E-state index contributed by atoms with van der Waals surface area (Å²) >= 11 is 0. The summed E-state index contributed by atoms with van der Waals surface area (Å²) in [5.74, 6) is -0.676. The lowest BCUT2D eigenvalue weighted by molar-refractivity contribution is -0.112. The number of amides is 2. The predicted octanol–water partition coefficient (Wildman–Crippen LogP) is 5.22. The third-order valence-corrected chi connectivity index (χ3v) is 6.83. The molecule has 1 aliphatic heterocycles. The van der Waals surface area contributed by atoms with Crippen LogP contribution in [0.4, 0.5) is 10.1 Å². The number of nitrogens with one attached hydrogen (secondary N) is 3. The Morgan fingerprint density at radius 3 is 2.58 bits per heavy atom. The van der Waals surface area contributed by atoms with E-state index >= 15 is 0 Å². The second-order valence-electron chi connectivity index (χ2n) is 9.26. The summed E-state index contributed by atoms with van der Waals surface area (Å²) in [7, 11) is 0. The molecule has 4 rings (SSSR count). The van der Waals surface area contributed by atoms with Crippen molar-refractivity contribution < 1.29 is 18.8 Å². The van der Waals surface area contributed by atoms with E-state index in [1.54, 1.807) is 24.3 Å². The van der Waals surface area contributed by atoms with Gasteiger partial charge in [0.1, 0.15) is 5.82 Å². The SMILES string of the molecule is CC1=C(NC=O)C(C)=C(/C=C2\C(=O)CNc3ccc(C(=O)N[C@H](C)c4ccc(F)cc4)cc32)CCC1. The summed E-state index contributed by atoms with van der Waals surface area (Å²) in [4.78, 5) is 37.2. The fourth-order valence-corrected chi connectivity index (χ4v) is 4.74. The molecule has 0 saturated carbocycles. The molecule has 7 heteroatoms. The van der Waals surface area contributed by atoms with E-state index in [4.69, 9.17) is 0 Å². The minimum absolute atomic E-state index is 0.0603. The fourth-order valence-electron chi connectivity index (χ4n) is 4.74. The van der Waals surface area contributed by atoms with Crippen molar-refractivity contribution in [1.82, 2.24) is 10.6 Å². The van der Waals surface area contributed by atoms with Gasteiger partial charge in [0.15, 0.2) is 5.78 Å². The molecule has 2 aromatic carbocycles. The molecule has 0 spiro atoms. The molecule has 0 fully saturated rings. The molecular formula is C29H30FN3O3. The van der Waals surface area contributed by atoms with Crippen LogP contribution in [-0.2, 0) is 9.59 Å². The standard InChI is InChI=1S/C29H30FN3O3/c1-17-5-4-6-21(18(2)28(17)32-16-34)13-25-24-14-22(9-12-26(24)31-15-27(25)35)29(36)33-19(3)20-7-10-23(30)11-8-20/h7-14,16,19,31H,4-6,15H2,1-3H3,(H,32,34)(H,33,36)/b25-13-/t19-/m1/s1. The molecule has 0 bridgehead atoms. The summed E-state index contributed by atoms with van der Waals surface area (Å²) in [6, 6.07) is 11.0. The first kappa shape index (κ1) is 25.1. The number of halogens is 1. The van der Waals surface area contributed by atoms with Gasteiger partial charge in [-0.25, -0.2) is 4.39 Å². The maximum absolute atomic E-state index is 13.2. The molecule has 2 aromatic rings. The zero-order valence-corrected chi connectivity index (χ0v) is 20.7. The highest BCUT2D eigenvalue weighted by Gasteiger charge is 2.24. The van der Waals surface area contributed by atoms with Gasteiger partial charge in [-0.1, -0.05) is 12.1 Å². The van der Waals surface area contributed by atoms with Gasteiger partial charge >= 0.3 is 0 Å². The summed E-state index contributed by atoms with van der Waals surface area (Å²) in [5.41, 5.74) is 7.07. The number of benzene rings is 2. The number of rotatable bonds is 6. The summed E-state index contributed by atoms with van der Waals surface area (Å²) in [6.45, 7) is 5.97. The highest BCUT2D eigenvalue weighted by atomic mass is 19.1. The number of hydrogen-bond donors (Lipinski definition) is 3. The van der Waals surface area contributed by atoms with Gasteiger partial charge in [0.05, 0.1) is 12.6 Å². The molecule has 0 radical (unpaired) electrons. The third kappa shape index (κ3) is 5.30. The average Bonchev–Trinajstić information content (AvgIpc) is 2.99. The van der Waals surface area contributed by atoms with Crippen molar-refractivity contribution in [3.8, 4) is 0 Å². The molecule has 0 saturated heterocycles. The first-order valence-corrected chi connectivity index (χ1v) is 12.1. The highest BCUT2D eigenvalue weighted by molar-refractivity contribution is 6.26. The maximum atomic E-state index is 13.2. The highest BCUT2D eigenvalue weighted by Crippen LogP contribution is 2.34. The number of fused-ring (bicyclic) bond motifs is 1. The van der Waals surface area contributed by atoms with Crippen LogP contribution < -0.4 is 16.0 Å². The molecule has 2 aliphatic rings. The normalized spacial score (nSPS) is 17.8. The average molecular weight is 488 g/mol. The van der Waals surface area contributed by atoms with Crippen molar-refractivity contribution in [3.05, 3.63) is 93.5 Å². The van der Waals surface area contributed by atoms with Crippen molar-refractivity contribution >= 4 is 29.4 Å². The molecule has 6 nitrogen and oxygen atoms in total. The van der Waals surface area contributed by atoms with Crippen molar-refractivity contribution in [2.45, 2.75) is 46.1 Å².